The number of rotatable bonds is 6. The Morgan fingerprint density at radius 1 is 1.10 bits per heavy atom. The Bertz CT molecular complexity index is 1110. The smallest absolute Gasteiger partial charge is 0.322 e. The fourth-order valence-electron chi connectivity index (χ4n) is 2.96. The molecule has 3 rings (SSSR count). The summed E-state index contributed by atoms with van der Waals surface area (Å²) in [6, 6.07) is 9.30. The third-order valence-electron chi connectivity index (χ3n) is 4.61. The van der Waals surface area contributed by atoms with Crippen LogP contribution in [0.2, 0.25) is 0 Å². The minimum Gasteiger partial charge on any atom is -0.496 e. The van der Waals surface area contributed by atoms with Crippen LogP contribution in [0.25, 0.3) is 0 Å². The minimum absolute atomic E-state index is 0.126. The molecule has 1 aliphatic heterocycles. The molecule has 2 aromatic carbocycles. The third-order valence-corrected chi connectivity index (χ3v) is 5.99. The summed E-state index contributed by atoms with van der Waals surface area (Å²) < 4.78 is 33.3. The molecule has 1 unspecified atom stereocenters. The molecule has 29 heavy (non-hydrogen) atoms. The Morgan fingerprint density at radius 2 is 1.76 bits per heavy atom. The summed E-state index contributed by atoms with van der Waals surface area (Å²) >= 11 is 0. The van der Waals surface area contributed by atoms with Crippen LogP contribution in [-0.2, 0) is 20.4 Å². The number of sulfonamides is 1. The first-order valence-corrected chi connectivity index (χ1v) is 10.0. The summed E-state index contributed by atoms with van der Waals surface area (Å²) in [7, 11) is -2.64. The van der Waals surface area contributed by atoms with Crippen LogP contribution in [0.5, 0.6) is 5.75 Å². The topological polar surface area (TPSA) is 131 Å². The SMILES string of the molecule is COc1ccc(S(=O)(=O)Nc2ccc(C(C)=O)cc2)cc1C1(C)NC(=O)NC1=O. The van der Waals surface area contributed by atoms with Crippen LogP contribution in [-0.4, -0.2) is 33.2 Å². The molecule has 1 fully saturated rings. The van der Waals surface area contributed by atoms with Crippen molar-refractivity contribution in [1.29, 1.82) is 0 Å². The van der Waals surface area contributed by atoms with E-state index >= 15 is 0 Å². The Balaban J connectivity index is 1.99. The van der Waals surface area contributed by atoms with Crippen molar-refractivity contribution in [2.24, 2.45) is 0 Å². The Kier molecular flexibility index (Phi) is 5.05. The maximum absolute atomic E-state index is 12.8. The molecule has 3 amide bonds. The Morgan fingerprint density at radius 3 is 2.28 bits per heavy atom. The number of carbonyl (C=O) groups excluding carboxylic acids is 3. The van der Waals surface area contributed by atoms with Gasteiger partial charge in [0, 0.05) is 16.8 Å². The molecule has 0 aromatic heterocycles. The summed E-state index contributed by atoms with van der Waals surface area (Å²) in [6.45, 7) is 2.87. The van der Waals surface area contributed by atoms with Crippen molar-refractivity contribution in [1.82, 2.24) is 10.6 Å². The maximum atomic E-state index is 12.8. The van der Waals surface area contributed by atoms with Gasteiger partial charge in [-0.15, -0.1) is 0 Å². The third kappa shape index (κ3) is 3.79. The van der Waals surface area contributed by atoms with Gasteiger partial charge in [-0.3, -0.25) is 19.6 Å². The molecule has 0 radical (unpaired) electrons. The second-order valence-corrected chi connectivity index (χ2v) is 8.32. The lowest BCUT2D eigenvalue weighted by Gasteiger charge is -2.24. The number of ether oxygens (including phenoxy) is 1. The second-order valence-electron chi connectivity index (χ2n) is 6.63. The van der Waals surface area contributed by atoms with Gasteiger partial charge in [0.15, 0.2) is 5.78 Å². The van der Waals surface area contributed by atoms with Crippen molar-refractivity contribution in [2.45, 2.75) is 24.3 Å². The zero-order valence-corrected chi connectivity index (χ0v) is 16.7. The number of methoxy groups -OCH3 is 1. The number of imide groups is 1. The largest absolute Gasteiger partial charge is 0.496 e. The minimum atomic E-state index is -4.02. The van der Waals surface area contributed by atoms with E-state index in [0.717, 1.165) is 0 Å². The van der Waals surface area contributed by atoms with Gasteiger partial charge in [0.05, 0.1) is 12.0 Å². The summed E-state index contributed by atoms with van der Waals surface area (Å²) in [4.78, 5) is 35.1. The summed E-state index contributed by atoms with van der Waals surface area (Å²) in [5.74, 6) is -0.512. The molecule has 152 valence electrons. The first-order valence-electron chi connectivity index (χ1n) is 8.53. The molecule has 10 heteroatoms. The predicted molar refractivity (Wildman–Crippen MR) is 104 cm³/mol. The van der Waals surface area contributed by atoms with Crippen LogP contribution in [0.1, 0.15) is 29.8 Å². The summed E-state index contributed by atoms with van der Waals surface area (Å²) in [5.41, 5.74) is -0.573. The fraction of sp³-hybridized carbons (Fsp3) is 0.211. The van der Waals surface area contributed by atoms with E-state index in [2.05, 4.69) is 15.4 Å². The normalized spacial score (nSPS) is 18.7. The molecule has 1 atom stereocenters. The zero-order chi connectivity index (χ0) is 21.4. The number of carbonyl (C=O) groups is 3. The van der Waals surface area contributed by atoms with Gasteiger partial charge in [-0.25, -0.2) is 13.2 Å². The number of ketones is 1. The van der Waals surface area contributed by atoms with E-state index in [1.807, 2.05) is 0 Å². The lowest BCUT2D eigenvalue weighted by atomic mass is 9.91. The molecule has 2 aromatic rings. The number of Topliss-reactive ketones (excluding diaryl/α,β-unsaturated/α-hetero) is 1. The van der Waals surface area contributed by atoms with Crippen LogP contribution in [0, 0.1) is 0 Å². The second kappa shape index (κ2) is 7.21. The van der Waals surface area contributed by atoms with E-state index in [-0.39, 0.29) is 27.7 Å². The summed E-state index contributed by atoms with van der Waals surface area (Å²) in [5, 5.41) is 4.62. The van der Waals surface area contributed by atoms with Crippen molar-refractivity contribution < 1.29 is 27.5 Å². The van der Waals surface area contributed by atoms with Gasteiger partial charge in [0.2, 0.25) is 0 Å². The van der Waals surface area contributed by atoms with E-state index in [1.54, 1.807) is 0 Å². The van der Waals surface area contributed by atoms with E-state index in [9.17, 15) is 22.8 Å². The standard InChI is InChI=1S/C19H19N3O6S/c1-11(23)12-4-6-13(7-5-12)22-29(26,27)14-8-9-16(28-3)15(10-14)19(2)17(24)20-18(25)21-19/h4-10,22H,1-3H3,(H2,20,21,24,25). The molecule has 1 heterocycles. The van der Waals surface area contributed by atoms with Crippen LogP contribution >= 0.6 is 0 Å². The van der Waals surface area contributed by atoms with Gasteiger partial charge in [0.25, 0.3) is 15.9 Å². The van der Waals surface area contributed by atoms with Crippen LogP contribution < -0.4 is 20.1 Å². The first kappa shape index (κ1) is 20.3. The van der Waals surface area contributed by atoms with E-state index in [1.165, 1.54) is 63.4 Å². The van der Waals surface area contributed by atoms with Crippen molar-refractivity contribution >= 4 is 33.4 Å². The van der Waals surface area contributed by atoms with Crippen molar-refractivity contribution in [2.75, 3.05) is 11.8 Å². The van der Waals surface area contributed by atoms with Gasteiger partial charge >= 0.3 is 6.03 Å². The predicted octanol–water partition coefficient (Wildman–Crippen LogP) is 1.75. The molecule has 1 aliphatic rings. The van der Waals surface area contributed by atoms with Gasteiger partial charge in [-0.05, 0) is 56.3 Å². The van der Waals surface area contributed by atoms with Gasteiger partial charge in [0.1, 0.15) is 11.3 Å². The lowest BCUT2D eigenvalue weighted by Crippen LogP contribution is -2.41. The fourth-order valence-corrected chi connectivity index (χ4v) is 4.05. The molecule has 3 N–H and O–H groups in total. The molecule has 0 aliphatic carbocycles. The number of anilines is 1. The number of hydrogen-bond acceptors (Lipinski definition) is 6. The molecular weight excluding hydrogens is 398 g/mol. The highest BCUT2D eigenvalue weighted by molar-refractivity contribution is 7.92. The Labute approximate surface area is 167 Å². The molecular formula is C19H19N3O6S. The van der Waals surface area contributed by atoms with Gasteiger partial charge < -0.3 is 10.1 Å². The van der Waals surface area contributed by atoms with E-state index < -0.39 is 27.5 Å². The van der Waals surface area contributed by atoms with Crippen LogP contribution in [0.15, 0.2) is 47.4 Å². The Hall–Kier alpha value is -3.40. The molecule has 0 saturated carbocycles. The number of nitrogens with one attached hydrogen (secondary N) is 3. The van der Waals surface area contributed by atoms with E-state index in [0.29, 0.717) is 5.56 Å². The number of urea groups is 1. The molecule has 0 spiro atoms. The highest BCUT2D eigenvalue weighted by atomic mass is 32.2. The lowest BCUT2D eigenvalue weighted by molar-refractivity contribution is -0.123. The van der Waals surface area contributed by atoms with Gasteiger partial charge in [-0.2, -0.15) is 0 Å². The quantitative estimate of drug-likeness (QED) is 0.485. The van der Waals surface area contributed by atoms with Crippen LogP contribution in [0.4, 0.5) is 10.5 Å². The first-order chi connectivity index (χ1) is 13.6. The zero-order valence-electron chi connectivity index (χ0n) is 15.9. The highest BCUT2D eigenvalue weighted by Crippen LogP contribution is 2.34. The van der Waals surface area contributed by atoms with E-state index in [4.69, 9.17) is 4.74 Å². The summed E-state index contributed by atoms with van der Waals surface area (Å²) in [6.07, 6.45) is 0. The highest BCUT2D eigenvalue weighted by Gasteiger charge is 2.45. The molecule has 1 saturated heterocycles. The number of benzene rings is 2. The monoisotopic (exact) mass is 417 g/mol. The average Bonchev–Trinajstić information content (AvgIpc) is 2.93. The van der Waals surface area contributed by atoms with Crippen molar-refractivity contribution in [3.8, 4) is 5.75 Å². The van der Waals surface area contributed by atoms with Crippen molar-refractivity contribution in [3.63, 3.8) is 0 Å². The van der Waals surface area contributed by atoms with Crippen molar-refractivity contribution in [3.05, 3.63) is 53.6 Å². The average molecular weight is 417 g/mol. The van der Waals surface area contributed by atoms with Gasteiger partial charge in [-0.1, -0.05) is 0 Å². The maximum Gasteiger partial charge on any atom is 0.322 e. The number of hydrogen-bond donors (Lipinski definition) is 3. The molecule has 0 bridgehead atoms. The van der Waals surface area contributed by atoms with Crippen LogP contribution in [0.3, 0.4) is 0 Å². The number of amides is 3. The molecule has 9 nitrogen and oxygen atoms in total.